The van der Waals surface area contributed by atoms with Crippen molar-refractivity contribution in [2.45, 2.75) is 38.8 Å². The van der Waals surface area contributed by atoms with E-state index >= 15 is 0 Å². The number of amides is 1. The highest BCUT2D eigenvalue weighted by atomic mass is 32.1. The largest absolute Gasteiger partial charge is 0.393 e. The maximum absolute atomic E-state index is 12.9. The second kappa shape index (κ2) is 8.32. The SMILES string of the molecule is Cc1[nH]nc2c1CN(c1nc(C(=O)Nc3ccccc3N3CCC(O)CC3)cs1)CC2. The number of para-hydroxylation sites is 2. The quantitative estimate of drug-likeness (QED) is 0.580. The Morgan fingerprint density at radius 1 is 1.23 bits per heavy atom. The Balaban J connectivity index is 1.29. The van der Waals surface area contributed by atoms with Gasteiger partial charge in [0.2, 0.25) is 0 Å². The summed E-state index contributed by atoms with van der Waals surface area (Å²) in [5, 5.41) is 22.9. The zero-order valence-electron chi connectivity index (χ0n) is 17.5. The normalized spacial score (nSPS) is 17.0. The smallest absolute Gasteiger partial charge is 0.275 e. The van der Waals surface area contributed by atoms with Crippen molar-refractivity contribution in [1.29, 1.82) is 0 Å². The lowest BCUT2D eigenvalue weighted by molar-refractivity contribution is 0.102. The zero-order chi connectivity index (χ0) is 21.4. The third-order valence-corrected chi connectivity index (χ3v) is 6.98. The van der Waals surface area contributed by atoms with Crippen molar-refractivity contribution < 1.29 is 9.90 Å². The standard InChI is InChI=1S/C22H26N6O2S/c1-14-16-12-28(11-8-17(16)26-25-14)22-24-19(13-31-22)21(30)23-18-4-2-3-5-20(18)27-9-6-15(29)7-10-27/h2-5,13,15,29H,6-12H2,1H3,(H,23,30)(H,25,26). The predicted molar refractivity (Wildman–Crippen MR) is 122 cm³/mol. The third kappa shape index (κ3) is 4.03. The van der Waals surface area contributed by atoms with E-state index in [1.165, 1.54) is 16.9 Å². The molecule has 8 nitrogen and oxygen atoms in total. The molecule has 0 unspecified atom stereocenters. The first-order valence-electron chi connectivity index (χ1n) is 10.6. The number of aliphatic hydroxyl groups is 1. The molecule has 2 aromatic heterocycles. The Hall–Kier alpha value is -2.91. The van der Waals surface area contributed by atoms with Gasteiger partial charge in [0.1, 0.15) is 5.69 Å². The third-order valence-electron chi connectivity index (χ3n) is 6.08. The second-order valence-electron chi connectivity index (χ2n) is 8.15. The van der Waals surface area contributed by atoms with Crippen LogP contribution in [0.15, 0.2) is 29.6 Å². The number of benzene rings is 1. The summed E-state index contributed by atoms with van der Waals surface area (Å²) in [6, 6.07) is 7.82. The van der Waals surface area contributed by atoms with Gasteiger partial charge < -0.3 is 20.2 Å². The number of carbonyl (C=O) groups excluding carboxylic acids is 1. The van der Waals surface area contributed by atoms with Crippen molar-refractivity contribution in [2.75, 3.05) is 34.8 Å². The van der Waals surface area contributed by atoms with E-state index in [0.717, 1.165) is 73.3 Å². The van der Waals surface area contributed by atoms with Crippen LogP contribution >= 0.6 is 11.3 Å². The van der Waals surface area contributed by atoms with Gasteiger partial charge in [0.15, 0.2) is 5.13 Å². The molecule has 0 spiro atoms. The summed E-state index contributed by atoms with van der Waals surface area (Å²) < 4.78 is 0. The number of aliphatic hydroxyl groups excluding tert-OH is 1. The van der Waals surface area contributed by atoms with E-state index in [1.54, 1.807) is 0 Å². The number of H-pyrrole nitrogens is 1. The first kappa shape index (κ1) is 20.0. The fourth-order valence-corrected chi connectivity index (χ4v) is 5.09. The van der Waals surface area contributed by atoms with Gasteiger partial charge >= 0.3 is 0 Å². The Morgan fingerprint density at radius 3 is 2.87 bits per heavy atom. The van der Waals surface area contributed by atoms with E-state index in [4.69, 9.17) is 0 Å². The average molecular weight is 439 g/mol. The van der Waals surface area contributed by atoms with Crippen LogP contribution in [0, 0.1) is 6.92 Å². The van der Waals surface area contributed by atoms with Crippen LogP contribution in [0.4, 0.5) is 16.5 Å². The van der Waals surface area contributed by atoms with Crippen molar-refractivity contribution in [1.82, 2.24) is 15.2 Å². The Labute approximate surface area is 184 Å². The fourth-order valence-electron chi connectivity index (χ4n) is 4.26. The number of carbonyl (C=O) groups is 1. The molecule has 0 atom stereocenters. The van der Waals surface area contributed by atoms with Gasteiger partial charge in [-0.25, -0.2) is 4.98 Å². The fraction of sp³-hybridized carbons (Fsp3) is 0.409. The Bertz CT molecular complexity index is 1090. The lowest BCUT2D eigenvalue weighted by Crippen LogP contribution is -2.36. The second-order valence-corrected chi connectivity index (χ2v) is 8.99. The van der Waals surface area contributed by atoms with Gasteiger partial charge in [-0.2, -0.15) is 5.10 Å². The molecule has 2 aliphatic heterocycles. The van der Waals surface area contributed by atoms with E-state index < -0.39 is 0 Å². The van der Waals surface area contributed by atoms with Crippen molar-refractivity contribution in [3.05, 3.63) is 52.3 Å². The molecule has 1 saturated heterocycles. The highest BCUT2D eigenvalue weighted by Gasteiger charge is 2.24. The van der Waals surface area contributed by atoms with Gasteiger partial charge in [-0.3, -0.25) is 9.89 Å². The van der Waals surface area contributed by atoms with Crippen LogP contribution < -0.4 is 15.1 Å². The lowest BCUT2D eigenvalue weighted by Gasteiger charge is -2.32. The molecular formula is C22H26N6O2S. The van der Waals surface area contributed by atoms with Gasteiger partial charge in [-0.15, -0.1) is 11.3 Å². The van der Waals surface area contributed by atoms with Crippen LogP contribution in [-0.2, 0) is 13.0 Å². The monoisotopic (exact) mass is 438 g/mol. The summed E-state index contributed by atoms with van der Waals surface area (Å²) in [5.41, 5.74) is 5.64. The van der Waals surface area contributed by atoms with E-state index in [-0.39, 0.29) is 12.0 Å². The molecule has 31 heavy (non-hydrogen) atoms. The zero-order valence-corrected chi connectivity index (χ0v) is 18.3. The molecule has 0 radical (unpaired) electrons. The lowest BCUT2D eigenvalue weighted by atomic mass is 10.1. The number of anilines is 3. The molecule has 0 saturated carbocycles. The number of aromatic amines is 1. The van der Waals surface area contributed by atoms with Crippen molar-refractivity contribution in [3.8, 4) is 0 Å². The Morgan fingerprint density at radius 2 is 2.03 bits per heavy atom. The number of aromatic nitrogens is 3. The summed E-state index contributed by atoms with van der Waals surface area (Å²) in [5.74, 6) is -0.204. The number of fused-ring (bicyclic) bond motifs is 1. The molecular weight excluding hydrogens is 412 g/mol. The van der Waals surface area contributed by atoms with Gasteiger partial charge in [0, 0.05) is 49.2 Å². The topological polar surface area (TPSA) is 97.4 Å². The molecule has 5 rings (SSSR count). The molecule has 4 heterocycles. The molecule has 162 valence electrons. The van der Waals surface area contributed by atoms with Crippen LogP contribution in [0.3, 0.4) is 0 Å². The number of hydrogen-bond donors (Lipinski definition) is 3. The first-order valence-corrected chi connectivity index (χ1v) is 11.5. The maximum atomic E-state index is 12.9. The highest BCUT2D eigenvalue weighted by Crippen LogP contribution is 2.30. The molecule has 2 aliphatic rings. The maximum Gasteiger partial charge on any atom is 0.275 e. The van der Waals surface area contributed by atoms with E-state index in [9.17, 15) is 9.90 Å². The van der Waals surface area contributed by atoms with Gasteiger partial charge in [-0.1, -0.05) is 12.1 Å². The van der Waals surface area contributed by atoms with Crippen LogP contribution in [0.25, 0.3) is 0 Å². The Kier molecular flexibility index (Phi) is 5.37. The van der Waals surface area contributed by atoms with Gasteiger partial charge in [-0.05, 0) is 31.9 Å². The molecule has 9 heteroatoms. The summed E-state index contributed by atoms with van der Waals surface area (Å²) >= 11 is 1.50. The first-order chi connectivity index (χ1) is 15.1. The number of piperidine rings is 1. The molecule has 3 N–H and O–H groups in total. The van der Waals surface area contributed by atoms with Crippen LogP contribution in [0.2, 0.25) is 0 Å². The molecule has 3 aromatic rings. The van der Waals surface area contributed by atoms with Crippen LogP contribution in [-0.4, -0.2) is 51.9 Å². The summed E-state index contributed by atoms with van der Waals surface area (Å²) in [6.45, 7) is 5.19. The number of nitrogens with zero attached hydrogens (tertiary/aromatic N) is 4. The minimum Gasteiger partial charge on any atom is -0.393 e. The van der Waals surface area contributed by atoms with E-state index in [0.29, 0.717) is 5.69 Å². The molecule has 0 aliphatic carbocycles. The predicted octanol–water partition coefficient (Wildman–Crippen LogP) is 2.95. The molecule has 0 bridgehead atoms. The minimum absolute atomic E-state index is 0.204. The van der Waals surface area contributed by atoms with E-state index in [1.807, 2.05) is 36.6 Å². The van der Waals surface area contributed by atoms with Gasteiger partial charge in [0.25, 0.3) is 5.91 Å². The molecule has 1 amide bonds. The minimum atomic E-state index is -0.233. The average Bonchev–Trinajstić information content (AvgIpc) is 3.42. The van der Waals surface area contributed by atoms with E-state index in [2.05, 4.69) is 30.3 Å². The van der Waals surface area contributed by atoms with Crippen LogP contribution in [0.5, 0.6) is 0 Å². The number of rotatable bonds is 4. The summed E-state index contributed by atoms with van der Waals surface area (Å²) in [7, 11) is 0. The summed E-state index contributed by atoms with van der Waals surface area (Å²) in [4.78, 5) is 22.0. The van der Waals surface area contributed by atoms with Crippen molar-refractivity contribution in [2.24, 2.45) is 0 Å². The number of hydrogen-bond acceptors (Lipinski definition) is 7. The summed E-state index contributed by atoms with van der Waals surface area (Å²) in [6.07, 6.45) is 2.12. The van der Waals surface area contributed by atoms with Gasteiger partial charge in [0.05, 0.1) is 23.2 Å². The number of nitrogens with one attached hydrogen (secondary N) is 2. The van der Waals surface area contributed by atoms with Crippen molar-refractivity contribution >= 4 is 33.8 Å². The van der Waals surface area contributed by atoms with Crippen LogP contribution in [0.1, 0.15) is 40.3 Å². The highest BCUT2D eigenvalue weighted by molar-refractivity contribution is 7.13. The molecule has 1 fully saturated rings. The number of thiazole rings is 1. The molecule has 1 aromatic carbocycles. The van der Waals surface area contributed by atoms with Crippen molar-refractivity contribution in [3.63, 3.8) is 0 Å². The number of aryl methyl sites for hydroxylation is 1.